The number of rotatable bonds is 6. The van der Waals surface area contributed by atoms with Crippen molar-refractivity contribution in [2.45, 2.75) is 9.79 Å². The Bertz CT molecular complexity index is 1450. The predicted octanol–water partition coefficient (Wildman–Crippen LogP) is 3.88. The molecule has 1 aromatic heterocycles. The van der Waals surface area contributed by atoms with Crippen molar-refractivity contribution in [2.75, 3.05) is 9.44 Å². The van der Waals surface area contributed by atoms with E-state index in [1.807, 2.05) is 18.2 Å². The fraction of sp³-hybridized carbons (Fsp3) is 0. The van der Waals surface area contributed by atoms with Crippen LogP contribution in [0.3, 0.4) is 0 Å². The van der Waals surface area contributed by atoms with Crippen LogP contribution in [0.5, 0.6) is 0 Å². The highest BCUT2D eigenvalue weighted by Gasteiger charge is 2.19. The molecule has 2 N–H and O–H groups in total. The van der Waals surface area contributed by atoms with Crippen molar-refractivity contribution in [3.8, 4) is 0 Å². The number of nitrogens with zero attached hydrogens (tertiary/aromatic N) is 2. The molecule has 11 heteroatoms. The van der Waals surface area contributed by atoms with Gasteiger partial charge in [0.25, 0.3) is 20.0 Å². The van der Waals surface area contributed by atoms with E-state index < -0.39 is 20.0 Å². The van der Waals surface area contributed by atoms with Crippen LogP contribution >= 0.6 is 11.6 Å². The summed E-state index contributed by atoms with van der Waals surface area (Å²) in [4.78, 5) is 0.0580. The van der Waals surface area contributed by atoms with E-state index in [2.05, 4.69) is 19.6 Å². The number of nitrogens with one attached hydrogen (secondary N) is 2. The minimum atomic E-state index is -3.94. The summed E-state index contributed by atoms with van der Waals surface area (Å²) < 4.78 is 55.6. The Morgan fingerprint density at radius 2 is 1.39 bits per heavy atom. The lowest BCUT2D eigenvalue weighted by Gasteiger charge is -2.11. The van der Waals surface area contributed by atoms with Gasteiger partial charge in [-0.2, -0.15) is 0 Å². The number of halogens is 1. The third kappa shape index (κ3) is 4.61. The molecule has 4 aromatic rings. The first-order chi connectivity index (χ1) is 14.7. The van der Waals surface area contributed by atoms with Gasteiger partial charge < -0.3 is 0 Å². The van der Waals surface area contributed by atoms with Gasteiger partial charge in [-0.3, -0.25) is 9.44 Å². The molecule has 158 valence electrons. The van der Waals surface area contributed by atoms with E-state index in [-0.39, 0.29) is 26.4 Å². The van der Waals surface area contributed by atoms with Gasteiger partial charge in [0.1, 0.15) is 0 Å². The molecule has 0 atom stereocenters. The topological polar surface area (TPSA) is 118 Å². The van der Waals surface area contributed by atoms with Crippen LogP contribution < -0.4 is 9.44 Å². The first kappa shape index (κ1) is 21.0. The van der Waals surface area contributed by atoms with Crippen molar-refractivity contribution in [1.29, 1.82) is 0 Å². The number of hydrogen-bond acceptors (Lipinski definition) is 6. The molecular formula is C20H15ClN4O4S2. The molecule has 0 bridgehead atoms. The molecule has 0 amide bonds. The van der Waals surface area contributed by atoms with Gasteiger partial charge in [0, 0.05) is 11.1 Å². The Kier molecular flexibility index (Phi) is 5.52. The molecule has 31 heavy (non-hydrogen) atoms. The van der Waals surface area contributed by atoms with E-state index in [0.717, 1.165) is 5.39 Å². The van der Waals surface area contributed by atoms with Crippen LogP contribution in [0, 0.1) is 0 Å². The summed E-state index contributed by atoms with van der Waals surface area (Å²) in [7, 11) is -7.83. The molecule has 0 fully saturated rings. The fourth-order valence-corrected chi connectivity index (χ4v) is 5.30. The van der Waals surface area contributed by atoms with Crippen LogP contribution in [-0.4, -0.2) is 27.0 Å². The molecule has 0 saturated carbocycles. The van der Waals surface area contributed by atoms with Crippen LogP contribution in [0.4, 0.5) is 11.5 Å². The molecule has 3 aromatic carbocycles. The highest BCUT2D eigenvalue weighted by molar-refractivity contribution is 7.93. The van der Waals surface area contributed by atoms with Crippen LogP contribution in [0.1, 0.15) is 0 Å². The van der Waals surface area contributed by atoms with Gasteiger partial charge in [0.15, 0.2) is 11.0 Å². The van der Waals surface area contributed by atoms with Crippen molar-refractivity contribution in [1.82, 2.24) is 10.2 Å². The molecule has 0 aliphatic heterocycles. The quantitative estimate of drug-likeness (QED) is 0.437. The number of aromatic nitrogens is 2. The van der Waals surface area contributed by atoms with E-state index >= 15 is 0 Å². The third-order valence-electron chi connectivity index (χ3n) is 4.33. The highest BCUT2D eigenvalue weighted by Crippen LogP contribution is 2.25. The first-order valence-corrected chi connectivity index (χ1v) is 12.2. The maximum Gasteiger partial charge on any atom is 0.263 e. The van der Waals surface area contributed by atoms with E-state index in [1.165, 1.54) is 42.5 Å². The van der Waals surface area contributed by atoms with Crippen molar-refractivity contribution in [2.24, 2.45) is 0 Å². The molecule has 0 unspecified atom stereocenters. The van der Waals surface area contributed by atoms with Gasteiger partial charge >= 0.3 is 0 Å². The maximum absolute atomic E-state index is 12.9. The highest BCUT2D eigenvalue weighted by atomic mass is 35.5. The van der Waals surface area contributed by atoms with Crippen molar-refractivity contribution in [3.63, 3.8) is 0 Å². The zero-order chi connectivity index (χ0) is 22.1. The summed E-state index contributed by atoms with van der Waals surface area (Å²) in [5.41, 5.74) is 0.221. The molecule has 0 aliphatic rings. The molecule has 0 spiro atoms. The molecule has 0 saturated heterocycles. The Balaban J connectivity index is 1.57. The van der Waals surface area contributed by atoms with Crippen LogP contribution in [0.15, 0.2) is 88.7 Å². The van der Waals surface area contributed by atoms with Crippen LogP contribution in [-0.2, 0) is 20.0 Å². The molecule has 4 rings (SSSR count). The van der Waals surface area contributed by atoms with Crippen molar-refractivity contribution in [3.05, 3.63) is 84.0 Å². The lowest BCUT2D eigenvalue weighted by Crippen LogP contribution is -2.15. The van der Waals surface area contributed by atoms with Gasteiger partial charge in [-0.25, -0.2) is 16.8 Å². The monoisotopic (exact) mass is 474 g/mol. The number of hydrogen-bond donors (Lipinski definition) is 2. The Labute approximate surface area is 184 Å². The second kappa shape index (κ2) is 8.14. The lowest BCUT2D eigenvalue weighted by atomic mass is 10.1. The Morgan fingerprint density at radius 1 is 0.677 bits per heavy atom. The van der Waals surface area contributed by atoms with Gasteiger partial charge in [-0.1, -0.05) is 48.0 Å². The molecular weight excluding hydrogens is 460 g/mol. The van der Waals surface area contributed by atoms with Crippen LogP contribution in [0.2, 0.25) is 5.15 Å². The van der Waals surface area contributed by atoms with E-state index in [1.54, 1.807) is 18.2 Å². The van der Waals surface area contributed by atoms with E-state index in [9.17, 15) is 16.8 Å². The standard InChI is InChI=1S/C20H15ClN4O4S2/c21-19-12-13-20(23-22-19)25-30(26,27)16-10-8-15(9-11-16)24-31(28,29)18-7-3-5-14-4-1-2-6-17(14)18/h1-13,24H,(H,23,25). The first-order valence-electron chi connectivity index (χ1n) is 8.87. The minimum absolute atomic E-state index is 0.00475. The van der Waals surface area contributed by atoms with E-state index in [0.29, 0.717) is 5.39 Å². The minimum Gasteiger partial charge on any atom is -0.280 e. The van der Waals surface area contributed by atoms with Crippen molar-refractivity contribution < 1.29 is 16.8 Å². The Morgan fingerprint density at radius 3 is 2.10 bits per heavy atom. The predicted molar refractivity (Wildman–Crippen MR) is 119 cm³/mol. The molecule has 8 nitrogen and oxygen atoms in total. The lowest BCUT2D eigenvalue weighted by molar-refractivity contribution is 0.600. The number of fused-ring (bicyclic) bond motifs is 1. The summed E-state index contributed by atoms with van der Waals surface area (Å²) in [6.45, 7) is 0. The average Bonchev–Trinajstić information content (AvgIpc) is 2.75. The zero-order valence-corrected chi connectivity index (χ0v) is 18.1. The average molecular weight is 475 g/mol. The SMILES string of the molecule is O=S(=O)(Nc1ccc(Cl)nn1)c1ccc(NS(=O)(=O)c2cccc3ccccc23)cc1. The summed E-state index contributed by atoms with van der Waals surface area (Å²) >= 11 is 5.64. The number of benzene rings is 3. The summed E-state index contributed by atoms with van der Waals surface area (Å²) in [5.74, 6) is 0.00475. The van der Waals surface area contributed by atoms with E-state index in [4.69, 9.17) is 11.6 Å². The number of anilines is 2. The summed E-state index contributed by atoms with van der Waals surface area (Å²) in [6.07, 6.45) is 0. The zero-order valence-electron chi connectivity index (χ0n) is 15.7. The second-order valence-corrected chi connectivity index (χ2v) is 10.2. The summed E-state index contributed by atoms with van der Waals surface area (Å²) in [5, 5.41) is 8.74. The molecule has 0 aliphatic carbocycles. The molecule has 1 heterocycles. The van der Waals surface area contributed by atoms with Gasteiger partial charge in [0.05, 0.1) is 9.79 Å². The smallest absolute Gasteiger partial charge is 0.263 e. The largest absolute Gasteiger partial charge is 0.280 e. The normalized spacial score (nSPS) is 11.9. The Hall–Kier alpha value is -3.21. The number of sulfonamides is 2. The van der Waals surface area contributed by atoms with Crippen LogP contribution in [0.25, 0.3) is 10.8 Å². The van der Waals surface area contributed by atoms with Gasteiger partial charge in [-0.05, 0) is 47.9 Å². The third-order valence-corrected chi connectivity index (χ3v) is 7.34. The summed E-state index contributed by atoms with van der Waals surface area (Å²) in [6, 6.07) is 20.2. The maximum atomic E-state index is 12.9. The van der Waals surface area contributed by atoms with Gasteiger partial charge in [-0.15, -0.1) is 10.2 Å². The molecule has 0 radical (unpaired) electrons. The van der Waals surface area contributed by atoms with Crippen molar-refractivity contribution >= 4 is 53.9 Å². The fourth-order valence-electron chi connectivity index (χ4n) is 2.91. The van der Waals surface area contributed by atoms with Gasteiger partial charge in [0.2, 0.25) is 0 Å². The second-order valence-electron chi connectivity index (χ2n) is 6.45.